The van der Waals surface area contributed by atoms with Crippen LogP contribution in [0.25, 0.3) is 0 Å². The minimum Gasteiger partial charge on any atom is -0.508 e. The number of carbonyl (C=O) groups excluding carboxylic acids is 1. The van der Waals surface area contributed by atoms with E-state index in [4.69, 9.17) is 0 Å². The van der Waals surface area contributed by atoms with Crippen molar-refractivity contribution in [3.05, 3.63) is 29.8 Å². The molecule has 4 heteroatoms. The van der Waals surface area contributed by atoms with Gasteiger partial charge in [0.05, 0.1) is 6.04 Å². The third-order valence-corrected chi connectivity index (χ3v) is 2.08. The molecule has 1 aromatic rings. The Bertz CT molecular complexity index is 338. The van der Waals surface area contributed by atoms with E-state index in [0.717, 1.165) is 5.56 Å². The Balaban J connectivity index is 2.26. The molecule has 1 heterocycles. The Kier molecular flexibility index (Phi) is 1.81. The van der Waals surface area contributed by atoms with Gasteiger partial charge in [-0.25, -0.2) is 4.79 Å². The van der Waals surface area contributed by atoms with Gasteiger partial charge in [0.15, 0.2) is 0 Å². The number of phenolic OH excluding ortho intramolecular Hbond substituents is 1. The maximum Gasteiger partial charge on any atom is 0.315 e. The van der Waals surface area contributed by atoms with Crippen LogP contribution in [-0.4, -0.2) is 17.7 Å². The van der Waals surface area contributed by atoms with Crippen LogP contribution in [0.15, 0.2) is 24.3 Å². The zero-order valence-corrected chi connectivity index (χ0v) is 6.95. The fourth-order valence-electron chi connectivity index (χ4n) is 1.42. The van der Waals surface area contributed by atoms with Crippen molar-refractivity contribution in [1.29, 1.82) is 0 Å². The minimum absolute atomic E-state index is 0.117. The molecule has 0 spiro atoms. The van der Waals surface area contributed by atoms with Crippen LogP contribution in [0.2, 0.25) is 0 Å². The number of amides is 2. The van der Waals surface area contributed by atoms with Gasteiger partial charge in [-0.05, 0) is 6.07 Å². The molecule has 0 unspecified atom stereocenters. The van der Waals surface area contributed by atoms with Crippen LogP contribution in [0.1, 0.15) is 11.6 Å². The second-order valence-electron chi connectivity index (χ2n) is 2.97. The van der Waals surface area contributed by atoms with Crippen LogP contribution in [0.4, 0.5) is 4.79 Å². The molecular weight excluding hydrogens is 168 g/mol. The summed E-state index contributed by atoms with van der Waals surface area (Å²) in [5.41, 5.74) is 0.751. The van der Waals surface area contributed by atoms with Crippen LogP contribution in [-0.2, 0) is 0 Å². The number of para-hydroxylation sites is 1. The summed E-state index contributed by atoms with van der Waals surface area (Å²) in [6.45, 7) is 0.524. The van der Waals surface area contributed by atoms with Crippen molar-refractivity contribution in [1.82, 2.24) is 10.6 Å². The average molecular weight is 178 g/mol. The molecule has 0 aliphatic carbocycles. The molecule has 1 fully saturated rings. The van der Waals surface area contributed by atoms with Gasteiger partial charge in [0.25, 0.3) is 0 Å². The van der Waals surface area contributed by atoms with Crippen molar-refractivity contribution in [2.24, 2.45) is 0 Å². The highest BCUT2D eigenvalue weighted by atomic mass is 16.3. The first-order chi connectivity index (χ1) is 6.27. The highest BCUT2D eigenvalue weighted by Gasteiger charge is 2.23. The number of aromatic hydroxyl groups is 1. The van der Waals surface area contributed by atoms with Crippen LogP contribution in [0.5, 0.6) is 5.75 Å². The van der Waals surface area contributed by atoms with E-state index in [2.05, 4.69) is 10.6 Å². The van der Waals surface area contributed by atoms with Gasteiger partial charge in [-0.15, -0.1) is 0 Å². The summed E-state index contributed by atoms with van der Waals surface area (Å²) in [5.74, 6) is 0.219. The highest BCUT2D eigenvalue weighted by molar-refractivity contribution is 5.77. The SMILES string of the molecule is O=C1NC[C@@H](c2ccccc2O)N1. The lowest BCUT2D eigenvalue weighted by atomic mass is 10.1. The number of hydrogen-bond acceptors (Lipinski definition) is 2. The maximum absolute atomic E-state index is 10.8. The van der Waals surface area contributed by atoms with Gasteiger partial charge in [-0.2, -0.15) is 0 Å². The average Bonchev–Trinajstić information content (AvgIpc) is 2.53. The monoisotopic (exact) mass is 178 g/mol. The van der Waals surface area contributed by atoms with Gasteiger partial charge in [-0.1, -0.05) is 18.2 Å². The lowest BCUT2D eigenvalue weighted by Gasteiger charge is -2.09. The van der Waals surface area contributed by atoms with Crippen molar-refractivity contribution >= 4 is 6.03 Å². The van der Waals surface area contributed by atoms with Crippen molar-refractivity contribution in [2.75, 3.05) is 6.54 Å². The standard InChI is InChI=1S/C9H10N2O2/c12-8-4-2-1-3-6(8)7-5-10-9(13)11-7/h1-4,7,12H,5H2,(H2,10,11,13)/t7-/m0/s1. The number of rotatable bonds is 1. The Morgan fingerprint density at radius 1 is 1.38 bits per heavy atom. The number of benzene rings is 1. The van der Waals surface area contributed by atoms with E-state index in [1.807, 2.05) is 6.07 Å². The van der Waals surface area contributed by atoms with Crippen molar-refractivity contribution < 1.29 is 9.90 Å². The number of hydrogen-bond donors (Lipinski definition) is 3. The first-order valence-corrected chi connectivity index (χ1v) is 4.09. The molecule has 1 saturated heterocycles. The molecule has 0 radical (unpaired) electrons. The quantitative estimate of drug-likeness (QED) is 0.594. The lowest BCUT2D eigenvalue weighted by molar-refractivity contribution is 0.247. The Morgan fingerprint density at radius 2 is 2.15 bits per heavy atom. The normalized spacial score (nSPS) is 20.9. The van der Waals surface area contributed by atoms with Crippen LogP contribution >= 0.6 is 0 Å². The third-order valence-electron chi connectivity index (χ3n) is 2.08. The van der Waals surface area contributed by atoms with Gasteiger partial charge < -0.3 is 15.7 Å². The maximum atomic E-state index is 10.8. The summed E-state index contributed by atoms with van der Waals surface area (Å²) >= 11 is 0. The van der Waals surface area contributed by atoms with Crippen LogP contribution < -0.4 is 10.6 Å². The van der Waals surface area contributed by atoms with Gasteiger partial charge in [0, 0.05) is 12.1 Å². The highest BCUT2D eigenvalue weighted by Crippen LogP contribution is 2.24. The van der Waals surface area contributed by atoms with E-state index >= 15 is 0 Å². The summed E-state index contributed by atoms with van der Waals surface area (Å²) in [5, 5.41) is 14.8. The van der Waals surface area contributed by atoms with E-state index in [0.29, 0.717) is 6.54 Å². The number of carbonyl (C=O) groups is 1. The predicted octanol–water partition coefficient (Wildman–Crippen LogP) is 0.746. The second kappa shape index (κ2) is 2.97. The molecule has 1 aliphatic heterocycles. The second-order valence-corrected chi connectivity index (χ2v) is 2.97. The summed E-state index contributed by atoms with van der Waals surface area (Å²) < 4.78 is 0. The van der Waals surface area contributed by atoms with Gasteiger partial charge in [0.2, 0.25) is 0 Å². The minimum atomic E-state index is -0.187. The smallest absolute Gasteiger partial charge is 0.315 e. The molecule has 0 aromatic heterocycles. The first kappa shape index (κ1) is 7.91. The first-order valence-electron chi connectivity index (χ1n) is 4.09. The number of phenols is 1. The van der Waals surface area contributed by atoms with E-state index < -0.39 is 0 Å². The van der Waals surface area contributed by atoms with E-state index in [1.165, 1.54) is 0 Å². The zero-order chi connectivity index (χ0) is 9.26. The molecular formula is C9H10N2O2. The van der Waals surface area contributed by atoms with Gasteiger partial charge >= 0.3 is 6.03 Å². The molecule has 2 rings (SSSR count). The molecule has 3 N–H and O–H groups in total. The summed E-state index contributed by atoms with van der Waals surface area (Å²) in [7, 11) is 0. The summed E-state index contributed by atoms with van der Waals surface area (Å²) in [6, 6.07) is 6.69. The van der Waals surface area contributed by atoms with Crippen molar-refractivity contribution in [3.8, 4) is 5.75 Å². The molecule has 13 heavy (non-hydrogen) atoms. The summed E-state index contributed by atoms with van der Waals surface area (Å²) in [4.78, 5) is 10.8. The van der Waals surface area contributed by atoms with Gasteiger partial charge in [-0.3, -0.25) is 0 Å². The molecule has 2 amide bonds. The van der Waals surface area contributed by atoms with E-state index in [-0.39, 0.29) is 17.8 Å². The summed E-state index contributed by atoms with van der Waals surface area (Å²) in [6.07, 6.45) is 0. The molecule has 4 nitrogen and oxygen atoms in total. The molecule has 1 aliphatic rings. The van der Waals surface area contributed by atoms with E-state index in [9.17, 15) is 9.90 Å². The zero-order valence-electron chi connectivity index (χ0n) is 6.95. The van der Waals surface area contributed by atoms with E-state index in [1.54, 1.807) is 18.2 Å². The van der Waals surface area contributed by atoms with Crippen molar-refractivity contribution in [3.63, 3.8) is 0 Å². The predicted molar refractivity (Wildman–Crippen MR) is 47.4 cm³/mol. The van der Waals surface area contributed by atoms with Crippen molar-refractivity contribution in [2.45, 2.75) is 6.04 Å². The molecule has 0 saturated carbocycles. The molecule has 0 bridgehead atoms. The topological polar surface area (TPSA) is 61.4 Å². The Hall–Kier alpha value is -1.71. The third kappa shape index (κ3) is 1.42. The Morgan fingerprint density at radius 3 is 2.77 bits per heavy atom. The molecule has 1 atom stereocenters. The van der Waals surface area contributed by atoms with Crippen LogP contribution in [0.3, 0.4) is 0 Å². The lowest BCUT2D eigenvalue weighted by Crippen LogP contribution is -2.21. The largest absolute Gasteiger partial charge is 0.508 e. The van der Waals surface area contributed by atoms with Crippen LogP contribution in [0, 0.1) is 0 Å². The fraction of sp³-hybridized carbons (Fsp3) is 0.222. The molecule has 68 valence electrons. The fourth-order valence-corrected chi connectivity index (χ4v) is 1.42. The molecule has 1 aromatic carbocycles. The van der Waals surface area contributed by atoms with Gasteiger partial charge in [0.1, 0.15) is 5.75 Å². The number of urea groups is 1. The Labute approximate surface area is 75.6 Å². The number of nitrogens with one attached hydrogen (secondary N) is 2.